The number of hydrogen-bond donors (Lipinski definition) is 0. The first-order valence-electron chi connectivity index (χ1n) is 21.6. The molecule has 6 aliphatic heterocycles. The van der Waals surface area contributed by atoms with E-state index in [4.69, 9.17) is 4.74 Å². The van der Waals surface area contributed by atoms with Crippen molar-refractivity contribution in [3.8, 4) is 11.5 Å². The third-order valence-corrected chi connectivity index (χ3v) is 17.4. The van der Waals surface area contributed by atoms with E-state index in [1.807, 2.05) is 35.3 Å². The van der Waals surface area contributed by atoms with Crippen LogP contribution in [0, 0.1) is 0 Å². The summed E-state index contributed by atoms with van der Waals surface area (Å²) in [4.78, 5) is 13.1. The molecular weight excluding hydrogens is 821 g/mol. The van der Waals surface area contributed by atoms with Gasteiger partial charge in [-0.1, -0.05) is 161 Å². The minimum atomic E-state index is -0.0379. The van der Waals surface area contributed by atoms with Crippen LogP contribution in [-0.2, 0) is 0 Å². The van der Waals surface area contributed by atoms with Crippen molar-refractivity contribution in [2.75, 3.05) is 9.80 Å². The average Bonchev–Trinajstić information content (AvgIpc) is 3.33. The molecule has 0 aliphatic carbocycles. The van der Waals surface area contributed by atoms with Gasteiger partial charge in [0.1, 0.15) is 11.5 Å². The molecule has 15 rings (SSSR count). The van der Waals surface area contributed by atoms with Gasteiger partial charge in [0, 0.05) is 63.5 Å². The zero-order chi connectivity index (χ0) is 40.9. The normalized spacial score (nSPS) is 14.8. The van der Waals surface area contributed by atoms with Crippen molar-refractivity contribution in [2.24, 2.45) is 0 Å². The predicted octanol–water partition coefficient (Wildman–Crippen LogP) is 8.30. The molecule has 0 unspecified atom stereocenters. The molecule has 9 aromatic rings. The first-order chi connectivity index (χ1) is 31.3. The minimum absolute atomic E-state index is 0.0379. The second-order valence-electron chi connectivity index (χ2n) is 17.0. The average molecular weight is 852 g/mol. The molecule has 290 valence electrons. The maximum atomic E-state index is 6.66. The number of nitrogens with zero attached hydrogens (tertiary/aromatic N) is 2. The van der Waals surface area contributed by atoms with Gasteiger partial charge >= 0.3 is 0 Å². The quantitative estimate of drug-likeness (QED) is 0.162. The van der Waals surface area contributed by atoms with Gasteiger partial charge in [0.2, 0.25) is 6.71 Å². The van der Waals surface area contributed by atoms with Crippen molar-refractivity contribution in [3.63, 3.8) is 0 Å². The Morgan fingerprint density at radius 2 is 0.873 bits per heavy atom. The van der Waals surface area contributed by atoms with Crippen LogP contribution < -0.4 is 63.7 Å². The summed E-state index contributed by atoms with van der Waals surface area (Å²) < 4.78 is 6.66. The number of para-hydroxylation sites is 3. The summed E-state index contributed by atoms with van der Waals surface area (Å²) >= 11 is 5.81. The van der Waals surface area contributed by atoms with Crippen LogP contribution in [0.4, 0.5) is 34.1 Å². The molecule has 0 bridgehead atoms. The largest absolute Gasteiger partial charge is 0.458 e. The molecule has 0 radical (unpaired) electrons. The Labute approximate surface area is 379 Å². The Hall–Kier alpha value is -6.38. The fourth-order valence-electron chi connectivity index (χ4n) is 11.4. The third-order valence-electron chi connectivity index (χ3n) is 13.9. The maximum Gasteiger partial charge on any atom is 0.253 e. The van der Waals surface area contributed by atoms with E-state index in [2.05, 4.69) is 198 Å². The standard InChI is InChI=1S/C54H31B3N2OS3/c1-3-15-32(16-4-1)58-39-22-13-23-40-50(39)57(37-29-38-48(30-41(37)58)62-47-28-14-25-44-52(47)55(38)34-19-7-10-24-43(34)60-44)51-42(59(40)33-17-5-2-6-18-33)31-49-53-54(51)63-46-27-12-9-21-36(46)56(53)35-20-8-11-26-45(35)61-49/h1-31H. The number of rotatable bonds is 2. The van der Waals surface area contributed by atoms with E-state index < -0.39 is 0 Å². The second-order valence-corrected chi connectivity index (χ2v) is 20.3. The minimum Gasteiger partial charge on any atom is -0.458 e. The Balaban J connectivity index is 1.07. The maximum absolute atomic E-state index is 6.66. The lowest BCUT2D eigenvalue weighted by molar-refractivity contribution is 0.486. The highest BCUT2D eigenvalue weighted by atomic mass is 32.2. The highest BCUT2D eigenvalue weighted by Gasteiger charge is 2.50. The smallest absolute Gasteiger partial charge is 0.253 e. The van der Waals surface area contributed by atoms with Crippen LogP contribution in [0.3, 0.4) is 0 Å². The molecular formula is C54H31B3N2OS3. The van der Waals surface area contributed by atoms with E-state index in [0.29, 0.717) is 0 Å². The number of anilines is 6. The van der Waals surface area contributed by atoms with Gasteiger partial charge in [-0.25, -0.2) is 0 Å². The Bertz CT molecular complexity index is 3450. The molecule has 0 saturated carbocycles. The molecule has 3 nitrogen and oxygen atoms in total. The van der Waals surface area contributed by atoms with Gasteiger partial charge in [0.25, 0.3) is 13.4 Å². The summed E-state index contributed by atoms with van der Waals surface area (Å²) in [7, 11) is 0. The molecule has 0 amide bonds. The topological polar surface area (TPSA) is 15.7 Å². The molecule has 0 saturated heterocycles. The molecule has 6 aliphatic rings. The van der Waals surface area contributed by atoms with Crippen LogP contribution in [0.2, 0.25) is 0 Å². The van der Waals surface area contributed by atoms with E-state index in [0.717, 1.165) is 17.2 Å². The number of fused-ring (bicyclic) bond motifs is 13. The lowest BCUT2D eigenvalue weighted by atomic mass is 9.30. The fraction of sp³-hybridized carbons (Fsp3) is 0. The Morgan fingerprint density at radius 3 is 1.62 bits per heavy atom. The molecule has 0 atom stereocenters. The molecule has 9 aromatic carbocycles. The molecule has 0 N–H and O–H groups in total. The van der Waals surface area contributed by atoms with E-state index in [-0.39, 0.29) is 20.1 Å². The molecule has 9 heteroatoms. The highest BCUT2D eigenvalue weighted by Crippen LogP contribution is 2.49. The van der Waals surface area contributed by atoms with Crippen molar-refractivity contribution in [3.05, 3.63) is 188 Å². The summed E-state index contributed by atoms with van der Waals surface area (Å²) in [5.74, 6) is 1.90. The zero-order valence-electron chi connectivity index (χ0n) is 33.7. The first kappa shape index (κ1) is 35.1. The third kappa shape index (κ3) is 4.80. The van der Waals surface area contributed by atoms with Crippen molar-refractivity contribution in [1.82, 2.24) is 0 Å². The van der Waals surface area contributed by atoms with Crippen LogP contribution >= 0.6 is 35.3 Å². The van der Waals surface area contributed by atoms with Crippen molar-refractivity contribution < 1.29 is 4.74 Å². The number of benzene rings is 9. The van der Waals surface area contributed by atoms with Crippen LogP contribution in [0.1, 0.15) is 0 Å². The van der Waals surface area contributed by atoms with Gasteiger partial charge < -0.3 is 14.5 Å². The van der Waals surface area contributed by atoms with Crippen molar-refractivity contribution >= 4 is 139 Å². The summed E-state index contributed by atoms with van der Waals surface area (Å²) in [5, 5.41) is 0. The fourth-order valence-corrected chi connectivity index (χ4v) is 15.2. The molecule has 0 spiro atoms. The monoisotopic (exact) mass is 852 g/mol. The first-order valence-corrected chi connectivity index (χ1v) is 24.0. The van der Waals surface area contributed by atoms with Gasteiger partial charge in [-0.05, 0) is 112 Å². The SMILES string of the molecule is c1ccc(N2c3cc4c(cc3B3c5c2cccc5N(c2ccccc2)c2cc5c6c(c23)Sc2ccccc2B6c2ccccc2S5)B2c3ccccc3Oc3cccc(c32)S4)cc1. The van der Waals surface area contributed by atoms with E-state index in [9.17, 15) is 0 Å². The van der Waals surface area contributed by atoms with E-state index in [1.165, 1.54) is 107 Å². The number of hydrogen-bond acceptors (Lipinski definition) is 6. The van der Waals surface area contributed by atoms with Crippen molar-refractivity contribution in [1.29, 1.82) is 0 Å². The van der Waals surface area contributed by atoms with Gasteiger partial charge in [-0.15, -0.1) is 0 Å². The van der Waals surface area contributed by atoms with E-state index >= 15 is 0 Å². The van der Waals surface area contributed by atoms with Crippen molar-refractivity contribution in [2.45, 2.75) is 29.4 Å². The lowest BCUT2D eigenvalue weighted by Gasteiger charge is -2.46. The van der Waals surface area contributed by atoms with Crippen LogP contribution in [0.25, 0.3) is 0 Å². The van der Waals surface area contributed by atoms with Crippen LogP contribution in [0.15, 0.2) is 217 Å². The van der Waals surface area contributed by atoms with Gasteiger partial charge in [-0.3, -0.25) is 0 Å². The summed E-state index contributed by atoms with van der Waals surface area (Å²) in [5.41, 5.74) is 19.5. The van der Waals surface area contributed by atoms with Gasteiger partial charge in [0.05, 0.1) is 0 Å². The van der Waals surface area contributed by atoms with Gasteiger partial charge in [0.15, 0.2) is 0 Å². The molecule has 6 heterocycles. The summed E-state index contributed by atoms with van der Waals surface area (Å²) in [6.07, 6.45) is 0. The molecule has 0 fully saturated rings. The number of ether oxygens (including phenoxy) is 1. The molecule has 0 aromatic heterocycles. The van der Waals surface area contributed by atoms with Gasteiger partial charge in [-0.2, -0.15) is 0 Å². The van der Waals surface area contributed by atoms with E-state index in [1.54, 1.807) is 0 Å². The zero-order valence-corrected chi connectivity index (χ0v) is 36.1. The lowest BCUT2D eigenvalue weighted by Crippen LogP contribution is -2.66. The highest BCUT2D eigenvalue weighted by molar-refractivity contribution is 8.01. The second kappa shape index (κ2) is 13.1. The Kier molecular flexibility index (Phi) is 7.30. The molecule has 63 heavy (non-hydrogen) atoms. The predicted molar refractivity (Wildman–Crippen MR) is 268 cm³/mol. The van der Waals surface area contributed by atoms with Crippen LogP contribution in [0.5, 0.6) is 11.5 Å². The van der Waals surface area contributed by atoms with Crippen LogP contribution in [-0.4, -0.2) is 20.1 Å². The Morgan fingerprint density at radius 1 is 0.317 bits per heavy atom. The summed E-state index contributed by atoms with van der Waals surface area (Å²) in [6.45, 7) is 0.160. The summed E-state index contributed by atoms with van der Waals surface area (Å²) in [6, 6.07) is 70.2.